The Hall–Kier alpha value is -2.34. The van der Waals surface area contributed by atoms with E-state index in [4.69, 9.17) is 4.42 Å². The van der Waals surface area contributed by atoms with E-state index in [0.717, 1.165) is 32.1 Å². The van der Waals surface area contributed by atoms with Crippen molar-refractivity contribution < 1.29 is 17.6 Å². The van der Waals surface area contributed by atoms with Gasteiger partial charge in [-0.1, -0.05) is 31.4 Å². The van der Waals surface area contributed by atoms with Crippen molar-refractivity contribution in [1.82, 2.24) is 0 Å². The second kappa shape index (κ2) is 8.36. The SMILES string of the molecule is O=C(C=Cc1ccco1)Nc1cccc(CS(=O)(=O)C2CCCCC2)c1. The van der Waals surface area contributed by atoms with Gasteiger partial charge >= 0.3 is 0 Å². The summed E-state index contributed by atoms with van der Waals surface area (Å²) >= 11 is 0. The van der Waals surface area contributed by atoms with Gasteiger partial charge in [-0.05, 0) is 48.7 Å². The normalized spacial score (nSPS) is 16.0. The first-order valence-corrected chi connectivity index (χ1v) is 10.6. The Morgan fingerprint density at radius 3 is 2.69 bits per heavy atom. The van der Waals surface area contributed by atoms with Crippen LogP contribution >= 0.6 is 0 Å². The standard InChI is InChI=1S/C20H23NO4S/c22-20(12-11-18-8-5-13-25-18)21-17-7-4-6-16(14-17)15-26(23,24)19-9-2-1-3-10-19/h4-8,11-14,19H,1-3,9-10,15H2,(H,21,22). The largest absolute Gasteiger partial charge is 0.465 e. The van der Waals surface area contributed by atoms with Crippen molar-refractivity contribution in [3.8, 4) is 0 Å². The summed E-state index contributed by atoms with van der Waals surface area (Å²) in [6, 6.07) is 10.5. The topological polar surface area (TPSA) is 76.4 Å². The number of nitrogens with one attached hydrogen (secondary N) is 1. The molecule has 0 bridgehead atoms. The molecular weight excluding hydrogens is 350 g/mol. The molecule has 0 radical (unpaired) electrons. The Balaban J connectivity index is 1.63. The van der Waals surface area contributed by atoms with Crippen LogP contribution in [0.2, 0.25) is 0 Å². The molecule has 0 saturated heterocycles. The molecule has 6 heteroatoms. The lowest BCUT2D eigenvalue weighted by atomic mass is 10.0. The molecule has 1 aliphatic rings. The Kier molecular flexibility index (Phi) is 5.93. The predicted molar refractivity (Wildman–Crippen MR) is 102 cm³/mol. The van der Waals surface area contributed by atoms with E-state index in [2.05, 4.69) is 5.32 Å². The van der Waals surface area contributed by atoms with Crippen LogP contribution in [-0.2, 0) is 20.4 Å². The maximum Gasteiger partial charge on any atom is 0.248 e. The Bertz CT molecular complexity index is 863. The highest BCUT2D eigenvalue weighted by Crippen LogP contribution is 2.26. The number of carbonyl (C=O) groups excluding carboxylic acids is 1. The van der Waals surface area contributed by atoms with E-state index in [9.17, 15) is 13.2 Å². The van der Waals surface area contributed by atoms with Crippen molar-refractivity contribution in [2.45, 2.75) is 43.1 Å². The molecule has 3 rings (SSSR count). The highest BCUT2D eigenvalue weighted by Gasteiger charge is 2.27. The Morgan fingerprint density at radius 1 is 1.15 bits per heavy atom. The molecule has 1 aliphatic carbocycles. The fraction of sp³-hybridized carbons (Fsp3) is 0.350. The molecule has 1 N–H and O–H groups in total. The number of hydrogen-bond donors (Lipinski definition) is 1. The molecule has 5 nitrogen and oxygen atoms in total. The molecule has 1 heterocycles. The van der Waals surface area contributed by atoms with Crippen LogP contribution in [0.25, 0.3) is 6.08 Å². The number of amides is 1. The van der Waals surface area contributed by atoms with E-state index < -0.39 is 9.84 Å². The lowest BCUT2D eigenvalue weighted by Gasteiger charge is -2.21. The van der Waals surface area contributed by atoms with Crippen molar-refractivity contribution in [1.29, 1.82) is 0 Å². The van der Waals surface area contributed by atoms with Crippen LogP contribution in [0, 0.1) is 0 Å². The van der Waals surface area contributed by atoms with E-state index in [1.165, 1.54) is 12.3 Å². The zero-order chi connectivity index (χ0) is 18.4. The fourth-order valence-electron chi connectivity index (χ4n) is 3.24. The number of hydrogen-bond acceptors (Lipinski definition) is 4. The number of sulfone groups is 1. The first kappa shape index (κ1) is 18.5. The first-order chi connectivity index (χ1) is 12.5. The van der Waals surface area contributed by atoms with Gasteiger partial charge in [0.1, 0.15) is 5.76 Å². The molecule has 26 heavy (non-hydrogen) atoms. The zero-order valence-corrected chi connectivity index (χ0v) is 15.4. The van der Waals surface area contributed by atoms with E-state index in [0.29, 0.717) is 17.0 Å². The summed E-state index contributed by atoms with van der Waals surface area (Å²) in [6.45, 7) is 0. The lowest BCUT2D eigenvalue weighted by Crippen LogP contribution is -2.25. The molecule has 0 spiro atoms. The highest BCUT2D eigenvalue weighted by atomic mass is 32.2. The van der Waals surface area contributed by atoms with Crippen LogP contribution in [0.1, 0.15) is 43.4 Å². The summed E-state index contributed by atoms with van der Waals surface area (Å²) in [4.78, 5) is 12.0. The van der Waals surface area contributed by atoms with Crippen LogP contribution in [0.4, 0.5) is 5.69 Å². The average Bonchev–Trinajstić information content (AvgIpc) is 3.14. The van der Waals surface area contributed by atoms with Gasteiger partial charge in [-0.25, -0.2) is 8.42 Å². The maximum atomic E-state index is 12.6. The van der Waals surface area contributed by atoms with Gasteiger partial charge in [0.25, 0.3) is 0 Å². The Morgan fingerprint density at radius 2 is 1.96 bits per heavy atom. The van der Waals surface area contributed by atoms with Crippen molar-refractivity contribution in [2.75, 3.05) is 5.32 Å². The quantitative estimate of drug-likeness (QED) is 0.771. The summed E-state index contributed by atoms with van der Waals surface area (Å²) < 4.78 is 30.4. The maximum absolute atomic E-state index is 12.6. The predicted octanol–water partition coefficient (Wildman–Crippen LogP) is 4.18. The van der Waals surface area contributed by atoms with Crippen molar-refractivity contribution in [2.24, 2.45) is 0 Å². The zero-order valence-electron chi connectivity index (χ0n) is 14.6. The van der Waals surface area contributed by atoms with Gasteiger partial charge in [-0.3, -0.25) is 4.79 Å². The third-order valence-corrected chi connectivity index (χ3v) is 6.79. The number of rotatable bonds is 6. The van der Waals surface area contributed by atoms with Gasteiger partial charge < -0.3 is 9.73 Å². The van der Waals surface area contributed by atoms with E-state index >= 15 is 0 Å². The minimum absolute atomic E-state index is 0.0175. The van der Waals surface area contributed by atoms with Gasteiger partial charge in [0, 0.05) is 11.8 Å². The van der Waals surface area contributed by atoms with Crippen LogP contribution in [0.3, 0.4) is 0 Å². The van der Waals surface area contributed by atoms with Crippen molar-refractivity contribution in [3.63, 3.8) is 0 Å². The van der Waals surface area contributed by atoms with E-state index in [1.807, 2.05) is 0 Å². The fourth-order valence-corrected chi connectivity index (χ4v) is 5.17. The van der Waals surface area contributed by atoms with Gasteiger partial charge in [0.2, 0.25) is 5.91 Å². The molecule has 0 atom stereocenters. The molecule has 1 amide bonds. The van der Waals surface area contributed by atoms with Crippen LogP contribution in [-0.4, -0.2) is 19.6 Å². The molecule has 1 aromatic heterocycles. The summed E-state index contributed by atoms with van der Waals surface area (Å²) in [5.74, 6) is 0.310. The Labute approximate surface area is 154 Å². The van der Waals surface area contributed by atoms with Crippen LogP contribution < -0.4 is 5.32 Å². The molecular formula is C20H23NO4S. The molecule has 138 valence electrons. The van der Waals surface area contributed by atoms with Gasteiger partial charge in [0.15, 0.2) is 9.84 Å². The molecule has 1 saturated carbocycles. The third-order valence-electron chi connectivity index (χ3n) is 4.56. The molecule has 1 fully saturated rings. The molecule has 1 aromatic carbocycles. The van der Waals surface area contributed by atoms with Crippen molar-refractivity contribution >= 4 is 27.5 Å². The second-order valence-corrected chi connectivity index (χ2v) is 8.89. The van der Waals surface area contributed by atoms with Crippen LogP contribution in [0.5, 0.6) is 0 Å². The van der Waals surface area contributed by atoms with Crippen LogP contribution in [0.15, 0.2) is 53.2 Å². The molecule has 0 aliphatic heterocycles. The number of carbonyl (C=O) groups is 1. The molecule has 0 unspecified atom stereocenters. The first-order valence-electron chi connectivity index (χ1n) is 8.86. The number of anilines is 1. The minimum atomic E-state index is -3.16. The summed E-state index contributed by atoms with van der Waals surface area (Å²) in [5.41, 5.74) is 1.28. The second-order valence-electron chi connectivity index (χ2n) is 6.61. The minimum Gasteiger partial charge on any atom is -0.465 e. The highest BCUT2D eigenvalue weighted by molar-refractivity contribution is 7.91. The number of benzene rings is 1. The van der Waals surface area contributed by atoms with Crippen molar-refractivity contribution in [3.05, 3.63) is 60.1 Å². The summed E-state index contributed by atoms with van der Waals surface area (Å²) in [5, 5.41) is 2.52. The van der Waals surface area contributed by atoms with Gasteiger partial charge in [-0.15, -0.1) is 0 Å². The monoisotopic (exact) mass is 373 g/mol. The van der Waals surface area contributed by atoms with E-state index in [1.54, 1.807) is 42.5 Å². The van der Waals surface area contributed by atoms with E-state index in [-0.39, 0.29) is 16.9 Å². The molecule has 2 aromatic rings. The van der Waals surface area contributed by atoms with Gasteiger partial charge in [-0.2, -0.15) is 0 Å². The summed E-state index contributed by atoms with van der Waals surface area (Å²) in [7, 11) is -3.16. The average molecular weight is 373 g/mol. The smallest absolute Gasteiger partial charge is 0.248 e. The third kappa shape index (κ3) is 5.08. The van der Waals surface area contributed by atoms with Gasteiger partial charge in [0.05, 0.1) is 17.3 Å². The lowest BCUT2D eigenvalue weighted by molar-refractivity contribution is -0.111. The summed E-state index contributed by atoms with van der Waals surface area (Å²) in [6.07, 6.45) is 9.11. The number of furan rings is 1.